The van der Waals surface area contributed by atoms with Crippen LogP contribution < -0.4 is 27.1 Å². The number of benzene rings is 6. The largest absolute Gasteiger partial charge is 0.460 e. The Balaban J connectivity index is 1.55. The molecule has 0 fully saturated rings. The van der Waals surface area contributed by atoms with E-state index in [9.17, 15) is 9.59 Å². The van der Waals surface area contributed by atoms with Crippen molar-refractivity contribution in [2.75, 3.05) is 0 Å². The van der Waals surface area contributed by atoms with Crippen molar-refractivity contribution in [1.82, 2.24) is 0 Å². The van der Waals surface area contributed by atoms with Gasteiger partial charge in [-0.05, 0) is 74.5 Å². The van der Waals surface area contributed by atoms with Crippen LogP contribution in [-0.4, -0.2) is 11.9 Å². The van der Waals surface area contributed by atoms with Gasteiger partial charge in [0.1, 0.15) is 47.7 Å². The number of hydrogen-bond acceptors (Lipinski definition) is 13. The van der Waals surface area contributed by atoms with Crippen molar-refractivity contribution in [3.05, 3.63) is 205 Å². The molecule has 0 radical (unpaired) electrons. The summed E-state index contributed by atoms with van der Waals surface area (Å²) in [5.74, 6) is 0.570. The average molecular weight is 890 g/mol. The van der Waals surface area contributed by atoms with Gasteiger partial charge in [0.15, 0.2) is 0 Å². The fourth-order valence-corrected chi connectivity index (χ4v) is 14.6. The van der Waals surface area contributed by atoms with E-state index >= 15 is 0 Å². The summed E-state index contributed by atoms with van der Waals surface area (Å²) in [6, 6.07) is 49.4. The molecular formula is C46H42N3O10P3. The molecule has 0 aliphatic carbocycles. The topological polar surface area (TPSA) is 145 Å². The van der Waals surface area contributed by atoms with Crippen molar-refractivity contribution in [3.63, 3.8) is 0 Å². The fraction of sp³-hybridized carbons (Fsp3) is 0.0870. The quantitative estimate of drug-likeness (QED) is 0.0464. The van der Waals surface area contributed by atoms with Crippen LogP contribution in [0.15, 0.2) is 208 Å². The summed E-state index contributed by atoms with van der Waals surface area (Å²) in [5, 5.41) is 0. The van der Waals surface area contributed by atoms with Crippen LogP contribution >= 0.6 is 23.0 Å². The van der Waals surface area contributed by atoms with E-state index in [1.165, 1.54) is 0 Å². The SMILES string of the molecule is C=C(C)C(=O)OCc1ccccc1OP1(Oc2ccccc2COC(=O)C(=C)C)=NP(Oc2ccccc2)(Oc2ccccc2)=NP(Oc2ccccc2)(Oc2ccccc2)=N1. The van der Waals surface area contributed by atoms with Crippen molar-refractivity contribution >= 4 is 34.9 Å². The minimum absolute atomic E-state index is 0.186. The van der Waals surface area contributed by atoms with Crippen LogP contribution in [0.1, 0.15) is 25.0 Å². The molecule has 16 heteroatoms. The van der Waals surface area contributed by atoms with Crippen LogP contribution in [0.2, 0.25) is 0 Å². The first-order chi connectivity index (χ1) is 30.0. The Hall–Kier alpha value is -6.77. The highest BCUT2D eigenvalue weighted by Gasteiger charge is 2.49. The van der Waals surface area contributed by atoms with Crippen LogP contribution in [0, 0.1) is 0 Å². The number of nitrogens with zero attached hydrogens (tertiary/aromatic N) is 3. The Bertz CT molecular complexity index is 2480. The lowest BCUT2D eigenvalue weighted by Crippen LogP contribution is -2.12. The summed E-state index contributed by atoms with van der Waals surface area (Å²) < 4.78 is 68.4. The van der Waals surface area contributed by atoms with Gasteiger partial charge in [-0.3, -0.25) is 0 Å². The summed E-state index contributed by atoms with van der Waals surface area (Å²) in [7, 11) is -12.7. The molecule has 13 nitrogen and oxygen atoms in total. The minimum Gasteiger partial charge on any atom is -0.457 e. The summed E-state index contributed by atoms with van der Waals surface area (Å²) in [4.78, 5) is 25.3. The maximum Gasteiger partial charge on any atom is 0.460 e. The molecule has 0 unspecified atom stereocenters. The summed E-state index contributed by atoms with van der Waals surface area (Å²) in [6.45, 7) is 10.1. The summed E-state index contributed by atoms with van der Waals surface area (Å²) in [5.41, 5.74) is 1.32. The fourth-order valence-electron chi connectivity index (χ4n) is 5.45. The molecule has 1 aliphatic rings. The second-order valence-corrected chi connectivity index (χ2v) is 19.7. The number of ether oxygens (including phenoxy) is 2. The van der Waals surface area contributed by atoms with Crippen molar-refractivity contribution in [1.29, 1.82) is 0 Å². The Labute approximate surface area is 360 Å². The molecule has 0 bridgehead atoms. The van der Waals surface area contributed by atoms with Gasteiger partial charge in [0.25, 0.3) is 0 Å². The molecule has 0 spiro atoms. The van der Waals surface area contributed by atoms with Crippen LogP contribution in [0.4, 0.5) is 0 Å². The number of rotatable bonds is 18. The third kappa shape index (κ3) is 11.3. The Morgan fingerprint density at radius 3 is 0.952 bits per heavy atom. The highest BCUT2D eigenvalue weighted by molar-refractivity contribution is 7.79. The van der Waals surface area contributed by atoms with Crippen molar-refractivity contribution in [2.24, 2.45) is 13.5 Å². The van der Waals surface area contributed by atoms with E-state index in [1.807, 2.05) is 24.3 Å². The standard InChI is InChI=1S/C46H42N3O10P3/c1-35(2)45(50)52-33-37-21-17-19-31-43(37)58-62(59-44-32-20-18-22-38(44)34-53-46(51)36(3)4)48-60(54-39-23-9-5-10-24-39,55-40-25-11-6-12-26-40)47-61(49-62,56-41-27-13-7-14-28-41)57-42-29-15-8-16-30-42/h5-32H,1,3,33-34H2,2,4H3. The molecule has 0 atom stereocenters. The van der Waals surface area contributed by atoms with E-state index in [0.717, 1.165) is 0 Å². The first kappa shape index (κ1) is 43.3. The molecule has 62 heavy (non-hydrogen) atoms. The normalized spacial score (nSPS) is 14.2. The van der Waals surface area contributed by atoms with Gasteiger partial charge in [0.2, 0.25) is 0 Å². The molecule has 1 heterocycles. The molecule has 1 aliphatic heterocycles. The molecule has 0 saturated carbocycles. The van der Waals surface area contributed by atoms with E-state index in [2.05, 4.69) is 13.2 Å². The second kappa shape index (κ2) is 19.7. The van der Waals surface area contributed by atoms with E-state index in [-0.39, 0.29) is 35.9 Å². The molecule has 0 aromatic heterocycles. The van der Waals surface area contributed by atoms with Gasteiger partial charge < -0.3 is 36.6 Å². The van der Waals surface area contributed by atoms with Gasteiger partial charge in [-0.2, -0.15) is 0 Å². The van der Waals surface area contributed by atoms with E-state index in [1.54, 1.807) is 159 Å². The van der Waals surface area contributed by atoms with Gasteiger partial charge in [-0.25, -0.2) is 9.59 Å². The van der Waals surface area contributed by atoms with Gasteiger partial charge >= 0.3 is 34.9 Å². The third-order valence-electron chi connectivity index (χ3n) is 8.34. The average Bonchev–Trinajstić information content (AvgIpc) is 3.26. The smallest absolute Gasteiger partial charge is 0.457 e. The number of carbonyl (C=O) groups excluding carboxylic acids is 2. The van der Waals surface area contributed by atoms with Crippen molar-refractivity contribution < 1.29 is 46.2 Å². The summed E-state index contributed by atoms with van der Waals surface area (Å²) in [6.07, 6.45) is 0. The number of carbonyl (C=O) groups is 2. The van der Waals surface area contributed by atoms with Gasteiger partial charge in [0, 0.05) is 22.3 Å². The van der Waals surface area contributed by atoms with E-state index in [0.29, 0.717) is 34.1 Å². The van der Waals surface area contributed by atoms with Crippen molar-refractivity contribution in [2.45, 2.75) is 27.1 Å². The summed E-state index contributed by atoms with van der Waals surface area (Å²) >= 11 is 0. The van der Waals surface area contributed by atoms with Crippen LogP contribution in [0.5, 0.6) is 34.5 Å². The van der Waals surface area contributed by atoms with E-state index in [4.69, 9.17) is 50.2 Å². The Morgan fingerprint density at radius 1 is 0.403 bits per heavy atom. The van der Waals surface area contributed by atoms with E-state index < -0.39 is 34.9 Å². The maximum absolute atomic E-state index is 12.6. The first-order valence-corrected chi connectivity index (χ1v) is 23.7. The van der Waals surface area contributed by atoms with Gasteiger partial charge in [-0.1, -0.05) is 136 Å². The molecule has 316 valence electrons. The molecular weight excluding hydrogens is 847 g/mol. The number of esters is 2. The number of hydrogen-bond donors (Lipinski definition) is 0. The first-order valence-electron chi connectivity index (χ1n) is 19.1. The molecule has 6 aromatic rings. The Morgan fingerprint density at radius 2 is 0.661 bits per heavy atom. The lowest BCUT2D eigenvalue weighted by Gasteiger charge is -2.33. The predicted molar refractivity (Wildman–Crippen MR) is 240 cm³/mol. The monoisotopic (exact) mass is 889 g/mol. The van der Waals surface area contributed by atoms with Crippen LogP contribution in [-0.2, 0) is 32.3 Å². The zero-order chi connectivity index (χ0) is 43.4. The zero-order valence-electron chi connectivity index (χ0n) is 33.8. The molecule has 0 amide bonds. The molecule has 7 rings (SSSR count). The highest BCUT2D eigenvalue weighted by atomic mass is 31.3. The van der Waals surface area contributed by atoms with Gasteiger partial charge in [-0.15, -0.1) is 0 Å². The lowest BCUT2D eigenvalue weighted by atomic mass is 10.2. The second-order valence-electron chi connectivity index (χ2n) is 13.5. The Kier molecular flexibility index (Phi) is 13.8. The third-order valence-corrected chi connectivity index (χ3v) is 16.4. The molecule has 0 saturated heterocycles. The highest BCUT2D eigenvalue weighted by Crippen LogP contribution is 2.78. The zero-order valence-corrected chi connectivity index (χ0v) is 36.4. The molecule has 6 aromatic carbocycles. The number of para-hydroxylation sites is 6. The van der Waals surface area contributed by atoms with Crippen LogP contribution in [0.25, 0.3) is 0 Å². The van der Waals surface area contributed by atoms with Crippen LogP contribution in [0.3, 0.4) is 0 Å². The van der Waals surface area contributed by atoms with Gasteiger partial charge in [0.05, 0.1) is 0 Å². The maximum atomic E-state index is 12.6. The lowest BCUT2D eigenvalue weighted by molar-refractivity contribution is -0.141. The predicted octanol–water partition coefficient (Wildman–Crippen LogP) is 13.6. The van der Waals surface area contributed by atoms with Crippen molar-refractivity contribution in [3.8, 4) is 34.5 Å². The molecule has 0 N–H and O–H groups in total. The minimum atomic E-state index is -4.37.